The smallest absolute Gasteiger partial charge is 0.492 e. The van der Waals surface area contributed by atoms with Gasteiger partial charge in [-0.1, -0.05) is 162 Å². The second kappa shape index (κ2) is 61.0. The molecule has 732 valence electrons. The van der Waals surface area contributed by atoms with Gasteiger partial charge in [-0.15, -0.1) is 0 Å². The minimum Gasteiger partial charge on any atom is -0.494 e. The zero-order valence-corrected chi connectivity index (χ0v) is 83.1. The molecule has 4 aromatic heterocycles. The first-order chi connectivity index (χ1) is 65.1. The summed E-state index contributed by atoms with van der Waals surface area (Å²) >= 11 is 22.5. The molecule has 13 N–H and O–H groups in total. The summed E-state index contributed by atoms with van der Waals surface area (Å²) in [5.41, 5.74) is 25.3. The number of hydrogen-bond donors (Lipinski definition) is 10. The van der Waals surface area contributed by atoms with Gasteiger partial charge in [-0.3, -0.25) is 20.2 Å². The number of nitro benzene ring substituents is 2. The lowest BCUT2D eigenvalue weighted by Crippen LogP contribution is -2.31. The first-order valence-electron chi connectivity index (χ1n) is 40.4. The number of ether oxygens (including phenoxy) is 4. The average Bonchev–Trinajstić information content (AvgIpc) is 0.830. The van der Waals surface area contributed by atoms with Crippen LogP contribution in [0.25, 0.3) is 33.8 Å². The molecule has 0 unspecified atom stereocenters. The number of anilines is 4. The number of sulfonamides is 4. The number of halogens is 5. The van der Waals surface area contributed by atoms with Crippen molar-refractivity contribution in [2.45, 2.75) is 56.5 Å². The molecular formula is C88H102BCl5N18O20S5. The number of non-ortho nitro benzene ring substituents is 2. The quantitative estimate of drug-likeness (QED) is 0.00499. The van der Waals surface area contributed by atoms with Gasteiger partial charge in [0.25, 0.3) is 11.4 Å². The van der Waals surface area contributed by atoms with E-state index in [4.69, 9.17) is 97.5 Å². The highest BCUT2D eigenvalue weighted by Gasteiger charge is 2.19. The molecule has 0 saturated carbocycles. The zero-order valence-electron chi connectivity index (χ0n) is 75.2. The number of nitrogens with one attached hydrogen (secondary N) is 5. The maximum absolute atomic E-state index is 11.8. The standard InChI is InChI=1S/C20H22N4O3S.2C12H11ClN2O.C8H11BO3.C8H10N2O4S.2C8H12N2O2S.C7H6ClNO4S.C4H2Cl2N2.CH5N/c1-3-27-19-10-5-4-9-17(19)18-12-20(23-14-22-18)24-16-8-6-7-15(11-16)13-28(25,26)21-2;2*1-2-16-11-6-4-3-5-9(11)10-7-12(13)15-8-14-10;1-2-12-8-6-4-3-5-7(8)9(10)11;1-9-15(13,14)6-7-3-2-4-8(5-7)10(11)12;2*1-10-13(11,12)6-7-3-2-4-8(9)5-7;8-14(12,13)5-6-2-1-3-7(4-6)9(10)11;5-3-1-4(6)8-2-7-3;1-2/h4-12,14,21H,3,13H2,1-2H3,(H,22,23,24);2*3-8H,2H2,1H3;3-6,10-11H,2H2,1H3;2-5,9H,6H2,1H3;2*2-5,10H,6,9H2,1H3;1-4H,5H2;1-2H;2H2,1H3. The van der Waals surface area contributed by atoms with Crippen molar-refractivity contribution in [2.75, 3.05) is 78.5 Å². The van der Waals surface area contributed by atoms with Crippen molar-refractivity contribution in [3.05, 3.63) is 337 Å². The van der Waals surface area contributed by atoms with Crippen molar-refractivity contribution in [1.82, 2.24) is 58.8 Å². The Hall–Kier alpha value is -12.3. The molecule has 0 amide bonds. The lowest BCUT2D eigenvalue weighted by molar-refractivity contribution is -0.385. The molecule has 13 rings (SSSR count). The molecule has 0 radical (unpaired) electrons. The van der Waals surface area contributed by atoms with E-state index in [1.807, 2.05) is 113 Å². The summed E-state index contributed by atoms with van der Waals surface area (Å²) in [5.74, 6) is 2.67. The number of benzene rings is 9. The molecule has 0 aliphatic rings. The maximum atomic E-state index is 11.8. The first-order valence-corrected chi connectivity index (χ1v) is 51.0. The molecule has 4 heterocycles. The van der Waals surface area contributed by atoms with Crippen LogP contribution in [-0.2, 0) is 77.9 Å². The molecule has 38 nitrogen and oxygen atoms in total. The predicted molar refractivity (Wildman–Crippen MR) is 538 cm³/mol. The molecule has 0 aliphatic carbocycles. The highest BCUT2D eigenvalue weighted by molar-refractivity contribution is 8.13. The van der Waals surface area contributed by atoms with E-state index in [1.54, 1.807) is 103 Å². The Morgan fingerprint density at radius 2 is 0.650 bits per heavy atom. The van der Waals surface area contributed by atoms with Gasteiger partial charge in [0.05, 0.1) is 82.1 Å². The molecule has 49 heteroatoms. The summed E-state index contributed by atoms with van der Waals surface area (Å²) < 4.78 is 143. The molecule has 0 aliphatic heterocycles. The van der Waals surface area contributed by atoms with Gasteiger partial charge in [0, 0.05) is 98.4 Å². The van der Waals surface area contributed by atoms with Gasteiger partial charge < -0.3 is 51.5 Å². The molecule has 0 atom stereocenters. The van der Waals surface area contributed by atoms with Crippen LogP contribution in [0.4, 0.5) is 34.3 Å². The van der Waals surface area contributed by atoms with Crippen molar-refractivity contribution in [3.8, 4) is 56.8 Å². The summed E-state index contributed by atoms with van der Waals surface area (Å²) in [7, 11) is -6.26. The molecule has 0 bridgehead atoms. The molecule has 13 aromatic rings. The van der Waals surface area contributed by atoms with Crippen molar-refractivity contribution < 1.29 is 80.9 Å². The molecular weight excluding hydrogens is 1980 g/mol. The maximum Gasteiger partial charge on any atom is 0.492 e. The monoisotopic (exact) mass is 2080 g/mol. The van der Waals surface area contributed by atoms with E-state index in [1.165, 1.54) is 115 Å². The zero-order chi connectivity index (χ0) is 102. The number of para-hydroxylation sites is 4. The SMILES string of the molecule is CCOc1ccccc1-c1cc(Cl)ncn1.CCOc1ccccc1-c1cc(Cl)ncn1.CCOc1ccccc1-c1cc(Nc2cccc(CS(=O)(=O)NC)c2)ncn1.CCOc1ccccc1B(O)O.CN.CNS(=O)(=O)Cc1cccc(N)c1.CNS(=O)(=O)Cc1cccc(N)c1.CNS(=O)(=O)Cc1cccc([N+](=O)[O-])c1.Clc1cc(Cl)ncn1.O=[N+]([O-])c1cccc(CS(=O)(=O)Cl)c1. The van der Waals surface area contributed by atoms with E-state index in [2.05, 4.69) is 69.8 Å². The first kappa shape index (κ1) is 117. The van der Waals surface area contributed by atoms with E-state index in [-0.39, 0.29) is 34.4 Å². The minimum absolute atomic E-state index is 0.0332. The summed E-state index contributed by atoms with van der Waals surface area (Å²) in [6, 6.07) is 68.5. The second-order valence-electron chi connectivity index (χ2n) is 26.7. The molecule has 0 spiro atoms. The van der Waals surface area contributed by atoms with Gasteiger partial charge in [0.15, 0.2) is 0 Å². The van der Waals surface area contributed by atoms with Gasteiger partial charge in [0.1, 0.15) is 74.7 Å². The predicted octanol–water partition coefficient (Wildman–Crippen LogP) is 13.8. The third-order valence-corrected chi connectivity index (χ3v) is 23.9. The van der Waals surface area contributed by atoms with Crippen molar-refractivity contribution in [1.29, 1.82) is 0 Å². The van der Waals surface area contributed by atoms with Crippen molar-refractivity contribution in [3.63, 3.8) is 0 Å². The van der Waals surface area contributed by atoms with E-state index in [0.29, 0.717) is 103 Å². The van der Waals surface area contributed by atoms with Crippen molar-refractivity contribution >= 4 is 153 Å². The Labute approximate surface area is 820 Å². The third kappa shape index (κ3) is 46.4. The number of hydrogen-bond acceptors (Lipinski definition) is 32. The largest absolute Gasteiger partial charge is 0.494 e. The van der Waals surface area contributed by atoms with Crippen LogP contribution in [-0.4, -0.2) is 171 Å². The fraction of sp³-hybridized carbons (Fsp3) is 0.205. The number of nitrogen functional groups attached to an aromatic ring is 2. The fourth-order valence-electron chi connectivity index (χ4n) is 10.8. The summed E-state index contributed by atoms with van der Waals surface area (Å²) in [6.45, 7) is 10.0. The van der Waals surface area contributed by atoms with Gasteiger partial charge in [-0.05, 0) is 170 Å². The van der Waals surface area contributed by atoms with Crippen LogP contribution in [0.3, 0.4) is 0 Å². The number of nitro groups is 2. The Morgan fingerprint density at radius 3 is 0.971 bits per heavy atom. The van der Waals surface area contributed by atoms with Crippen LogP contribution in [0.1, 0.15) is 55.5 Å². The van der Waals surface area contributed by atoms with Crippen LogP contribution in [0.15, 0.2) is 268 Å². The van der Waals surface area contributed by atoms with Crippen LogP contribution in [0.2, 0.25) is 20.6 Å². The topological polar surface area (TPSA) is 576 Å². The number of rotatable bonds is 30. The Kier molecular flexibility index (Phi) is 52.1. The van der Waals surface area contributed by atoms with E-state index >= 15 is 0 Å². The van der Waals surface area contributed by atoms with E-state index < -0.39 is 71.9 Å². The fourth-order valence-corrected chi connectivity index (χ4v) is 15.5. The van der Waals surface area contributed by atoms with Gasteiger partial charge in [-0.2, -0.15) is 0 Å². The number of aromatic nitrogens is 8. The number of nitrogens with zero attached hydrogens (tertiary/aromatic N) is 10. The van der Waals surface area contributed by atoms with Gasteiger partial charge >= 0.3 is 7.12 Å². The summed E-state index contributed by atoms with van der Waals surface area (Å²) in [5, 5.41) is 43.4. The van der Waals surface area contributed by atoms with Crippen LogP contribution in [0, 0.1) is 20.2 Å². The summed E-state index contributed by atoms with van der Waals surface area (Å²) in [6.07, 6.45) is 5.68. The van der Waals surface area contributed by atoms with E-state index in [9.17, 15) is 62.3 Å². The van der Waals surface area contributed by atoms with Crippen molar-refractivity contribution in [2.24, 2.45) is 5.73 Å². The minimum atomic E-state index is -3.67. The van der Waals surface area contributed by atoms with Gasteiger partial charge in [-0.25, -0.2) is 101 Å². The summed E-state index contributed by atoms with van der Waals surface area (Å²) in [4.78, 5) is 51.5. The molecule has 0 fully saturated rings. The molecule has 137 heavy (non-hydrogen) atoms. The van der Waals surface area contributed by atoms with Crippen LogP contribution >= 0.6 is 57.1 Å². The molecule has 9 aromatic carbocycles. The van der Waals surface area contributed by atoms with Crippen LogP contribution in [0.5, 0.6) is 23.0 Å². The second-order valence-corrected chi connectivity index (χ2v) is 38.8. The highest BCUT2D eigenvalue weighted by atomic mass is 35.7. The Balaban J connectivity index is 0.000000327. The van der Waals surface area contributed by atoms with Crippen LogP contribution < -0.4 is 65.8 Å². The molecule has 0 saturated heterocycles. The number of nitrogens with two attached hydrogens (primary N) is 3. The Morgan fingerprint density at radius 1 is 0.358 bits per heavy atom. The lowest BCUT2D eigenvalue weighted by Gasteiger charge is -2.11. The lowest BCUT2D eigenvalue weighted by atomic mass is 9.80. The average molecular weight is 2080 g/mol. The third-order valence-electron chi connectivity index (χ3n) is 16.8. The van der Waals surface area contributed by atoms with Gasteiger partial charge in [0.2, 0.25) is 49.1 Å². The Bertz CT molecular complexity index is 6410. The highest BCUT2D eigenvalue weighted by Crippen LogP contribution is 2.33. The normalized spacial score (nSPS) is 10.6. The van der Waals surface area contributed by atoms with E-state index in [0.717, 1.165) is 56.7 Å².